The summed E-state index contributed by atoms with van der Waals surface area (Å²) >= 11 is 0. The highest BCUT2D eigenvalue weighted by atomic mass is 19.1. The minimum Gasteiger partial charge on any atom is -0.290 e. The molecule has 0 bridgehead atoms. The number of hydrogen-bond acceptors (Lipinski definition) is 3. The summed E-state index contributed by atoms with van der Waals surface area (Å²) in [5.74, 6) is -0.298. The van der Waals surface area contributed by atoms with Crippen LogP contribution in [0.1, 0.15) is 5.56 Å². The Labute approximate surface area is 101 Å². The fourth-order valence-electron chi connectivity index (χ4n) is 1.82. The first-order valence-electron chi connectivity index (χ1n) is 5.37. The van der Waals surface area contributed by atoms with Crippen molar-refractivity contribution in [2.75, 3.05) is 0 Å². The lowest BCUT2D eigenvalue weighted by Crippen LogP contribution is -2.17. The van der Waals surface area contributed by atoms with Crippen LogP contribution in [0.25, 0.3) is 11.2 Å². The zero-order valence-electron chi connectivity index (χ0n) is 9.30. The van der Waals surface area contributed by atoms with E-state index in [9.17, 15) is 9.18 Å². The van der Waals surface area contributed by atoms with E-state index in [-0.39, 0.29) is 11.5 Å². The molecule has 3 rings (SSSR count). The van der Waals surface area contributed by atoms with Gasteiger partial charge in [0.25, 0.3) is 0 Å². The summed E-state index contributed by atoms with van der Waals surface area (Å²) in [7, 11) is 0. The van der Waals surface area contributed by atoms with Crippen LogP contribution in [-0.2, 0) is 6.54 Å². The number of benzene rings is 1. The van der Waals surface area contributed by atoms with Gasteiger partial charge in [0.15, 0.2) is 5.65 Å². The number of H-pyrrole nitrogens is 1. The topological polar surface area (TPSA) is 63.6 Å². The molecule has 0 radical (unpaired) electrons. The van der Waals surface area contributed by atoms with E-state index in [1.165, 1.54) is 23.0 Å². The first kappa shape index (κ1) is 10.6. The summed E-state index contributed by atoms with van der Waals surface area (Å²) < 4.78 is 14.3. The van der Waals surface area contributed by atoms with Gasteiger partial charge in [-0.2, -0.15) is 0 Å². The summed E-state index contributed by atoms with van der Waals surface area (Å²) in [5, 5.41) is 0. The van der Waals surface area contributed by atoms with E-state index in [0.717, 1.165) is 5.56 Å². The molecule has 6 heteroatoms. The van der Waals surface area contributed by atoms with E-state index < -0.39 is 0 Å². The number of imidazole rings is 1. The number of fused-ring (bicyclic) bond motifs is 1. The van der Waals surface area contributed by atoms with Crippen LogP contribution in [0.15, 0.2) is 41.6 Å². The van der Waals surface area contributed by atoms with Crippen molar-refractivity contribution in [2.24, 2.45) is 0 Å². The van der Waals surface area contributed by atoms with E-state index in [0.29, 0.717) is 17.7 Å². The second-order valence-corrected chi connectivity index (χ2v) is 3.90. The molecule has 3 aromatic rings. The van der Waals surface area contributed by atoms with E-state index in [4.69, 9.17) is 0 Å². The second kappa shape index (κ2) is 4.06. The van der Waals surface area contributed by atoms with Crippen molar-refractivity contribution in [1.29, 1.82) is 0 Å². The van der Waals surface area contributed by atoms with Gasteiger partial charge in [0.2, 0.25) is 0 Å². The van der Waals surface area contributed by atoms with Crippen molar-refractivity contribution in [2.45, 2.75) is 6.54 Å². The van der Waals surface area contributed by atoms with Gasteiger partial charge in [0.1, 0.15) is 17.7 Å². The molecule has 0 aliphatic rings. The average Bonchev–Trinajstić information content (AvgIpc) is 2.69. The second-order valence-electron chi connectivity index (χ2n) is 3.90. The van der Waals surface area contributed by atoms with E-state index >= 15 is 0 Å². The van der Waals surface area contributed by atoms with Crippen molar-refractivity contribution in [3.8, 4) is 0 Å². The molecule has 0 amide bonds. The molecule has 18 heavy (non-hydrogen) atoms. The first-order chi connectivity index (χ1) is 8.74. The molecular formula is C12H9FN4O. The van der Waals surface area contributed by atoms with Crippen molar-refractivity contribution in [3.63, 3.8) is 0 Å². The number of rotatable bonds is 2. The molecule has 0 saturated carbocycles. The number of halogens is 1. The molecule has 0 atom stereocenters. The fraction of sp³-hybridized carbons (Fsp3) is 0.0833. The third-order valence-corrected chi connectivity index (χ3v) is 2.71. The Kier molecular flexibility index (Phi) is 2.40. The van der Waals surface area contributed by atoms with Crippen LogP contribution in [0.4, 0.5) is 4.39 Å². The van der Waals surface area contributed by atoms with Gasteiger partial charge in [-0.05, 0) is 17.7 Å². The van der Waals surface area contributed by atoms with Crippen LogP contribution in [0, 0.1) is 5.82 Å². The van der Waals surface area contributed by atoms with Gasteiger partial charge in [-0.3, -0.25) is 9.55 Å². The van der Waals surface area contributed by atoms with Crippen molar-refractivity contribution >= 4 is 11.2 Å². The Morgan fingerprint density at radius 2 is 2.06 bits per heavy atom. The van der Waals surface area contributed by atoms with Crippen LogP contribution in [-0.4, -0.2) is 19.5 Å². The lowest BCUT2D eigenvalue weighted by molar-refractivity contribution is 0.626. The molecule has 0 aliphatic carbocycles. The lowest BCUT2D eigenvalue weighted by atomic mass is 10.2. The van der Waals surface area contributed by atoms with Crippen molar-refractivity contribution < 1.29 is 4.39 Å². The number of aromatic nitrogens is 4. The van der Waals surface area contributed by atoms with Crippen LogP contribution in [0.2, 0.25) is 0 Å². The number of nitrogens with zero attached hydrogens (tertiary/aromatic N) is 3. The zero-order chi connectivity index (χ0) is 12.5. The third kappa shape index (κ3) is 1.77. The minimum absolute atomic E-state index is 0.255. The largest absolute Gasteiger partial charge is 0.328 e. The predicted octanol–water partition coefficient (Wildman–Crippen LogP) is 1.31. The normalized spacial score (nSPS) is 10.9. The molecular weight excluding hydrogens is 235 g/mol. The average molecular weight is 244 g/mol. The van der Waals surface area contributed by atoms with Gasteiger partial charge in [-0.15, -0.1) is 0 Å². The molecule has 0 aliphatic heterocycles. The van der Waals surface area contributed by atoms with Gasteiger partial charge < -0.3 is 0 Å². The number of nitrogens with one attached hydrogen (secondary N) is 1. The van der Waals surface area contributed by atoms with Crippen LogP contribution in [0.3, 0.4) is 0 Å². The number of hydrogen-bond donors (Lipinski definition) is 1. The SMILES string of the molecule is O=c1[nH]c2ncncc2n1Cc1ccc(F)cc1. The van der Waals surface area contributed by atoms with Crippen molar-refractivity contribution in [1.82, 2.24) is 19.5 Å². The summed E-state index contributed by atoms with van der Waals surface area (Å²) in [4.78, 5) is 22.3. The summed E-state index contributed by atoms with van der Waals surface area (Å²) in [5.41, 5.74) is 1.71. The molecule has 2 heterocycles. The summed E-state index contributed by atoms with van der Waals surface area (Å²) in [6.07, 6.45) is 2.95. The first-order valence-corrected chi connectivity index (χ1v) is 5.37. The van der Waals surface area contributed by atoms with Crippen molar-refractivity contribution in [3.05, 3.63) is 58.7 Å². The monoisotopic (exact) mass is 244 g/mol. The molecule has 0 saturated heterocycles. The standard InChI is InChI=1S/C12H9FN4O/c13-9-3-1-8(2-4-9)6-17-10-5-14-7-15-11(10)16-12(17)18/h1-5,7H,6H2,(H,14,15,16,18). The fourth-order valence-corrected chi connectivity index (χ4v) is 1.82. The maximum atomic E-state index is 12.8. The Hall–Kier alpha value is -2.50. The Bertz CT molecular complexity index is 745. The van der Waals surface area contributed by atoms with Gasteiger partial charge >= 0.3 is 5.69 Å². The summed E-state index contributed by atoms with van der Waals surface area (Å²) in [6.45, 7) is 0.354. The van der Waals surface area contributed by atoms with E-state index in [2.05, 4.69) is 15.0 Å². The quantitative estimate of drug-likeness (QED) is 0.739. The molecule has 5 nitrogen and oxygen atoms in total. The molecule has 0 unspecified atom stereocenters. The maximum Gasteiger partial charge on any atom is 0.328 e. The highest BCUT2D eigenvalue weighted by Gasteiger charge is 2.07. The van der Waals surface area contributed by atoms with E-state index in [1.807, 2.05) is 0 Å². The Balaban J connectivity index is 2.07. The minimum atomic E-state index is -0.298. The molecule has 0 fully saturated rings. The summed E-state index contributed by atoms with van der Waals surface area (Å²) in [6, 6.07) is 6.02. The Morgan fingerprint density at radius 1 is 1.28 bits per heavy atom. The third-order valence-electron chi connectivity index (χ3n) is 2.71. The van der Waals surface area contributed by atoms with Gasteiger partial charge in [-0.25, -0.2) is 19.2 Å². The van der Waals surface area contributed by atoms with Crippen LogP contribution < -0.4 is 5.69 Å². The van der Waals surface area contributed by atoms with Gasteiger partial charge in [0, 0.05) is 0 Å². The molecule has 2 aromatic heterocycles. The van der Waals surface area contributed by atoms with Gasteiger partial charge in [0.05, 0.1) is 12.7 Å². The van der Waals surface area contributed by atoms with Crippen LogP contribution >= 0.6 is 0 Å². The van der Waals surface area contributed by atoms with E-state index in [1.54, 1.807) is 18.3 Å². The Morgan fingerprint density at radius 3 is 2.83 bits per heavy atom. The smallest absolute Gasteiger partial charge is 0.290 e. The molecule has 90 valence electrons. The lowest BCUT2D eigenvalue weighted by Gasteiger charge is -2.02. The molecule has 0 spiro atoms. The maximum absolute atomic E-state index is 12.8. The predicted molar refractivity (Wildman–Crippen MR) is 63.7 cm³/mol. The van der Waals surface area contributed by atoms with Gasteiger partial charge in [-0.1, -0.05) is 12.1 Å². The van der Waals surface area contributed by atoms with Crippen LogP contribution in [0.5, 0.6) is 0 Å². The molecule has 1 N–H and O–H groups in total. The highest BCUT2D eigenvalue weighted by Crippen LogP contribution is 2.09. The number of aromatic amines is 1. The molecule has 1 aromatic carbocycles. The highest BCUT2D eigenvalue weighted by molar-refractivity contribution is 5.69. The zero-order valence-corrected chi connectivity index (χ0v) is 9.30.